The zero-order valence-corrected chi connectivity index (χ0v) is 19.1. The van der Waals surface area contributed by atoms with Crippen LogP contribution in [0.1, 0.15) is 46.1 Å². The quantitative estimate of drug-likeness (QED) is 0.440. The van der Waals surface area contributed by atoms with Crippen molar-refractivity contribution >= 4 is 17.7 Å². The maximum absolute atomic E-state index is 11.4. The Hall–Kier alpha value is -2.35. The highest BCUT2D eigenvalue weighted by molar-refractivity contribution is 5.80. The molecule has 0 aromatic carbocycles. The lowest BCUT2D eigenvalue weighted by molar-refractivity contribution is -0.122. The third kappa shape index (κ3) is 6.86. The minimum absolute atomic E-state index is 0.0344. The zero-order valence-electron chi connectivity index (χ0n) is 19.1. The topological polar surface area (TPSA) is 105 Å². The molecule has 168 valence electrons. The molecule has 0 bridgehead atoms. The zero-order chi connectivity index (χ0) is 22.1. The second-order valence-corrected chi connectivity index (χ2v) is 8.82. The van der Waals surface area contributed by atoms with Gasteiger partial charge in [-0.1, -0.05) is 26.8 Å². The fraction of sp³-hybridized carbons (Fsp3) is 0.682. The summed E-state index contributed by atoms with van der Waals surface area (Å²) in [6.45, 7) is 12.1. The first-order chi connectivity index (χ1) is 14.3. The van der Waals surface area contributed by atoms with Crippen molar-refractivity contribution < 1.29 is 9.53 Å². The summed E-state index contributed by atoms with van der Waals surface area (Å²) < 4.78 is 5.64. The highest BCUT2D eigenvalue weighted by Crippen LogP contribution is 2.25. The summed E-state index contributed by atoms with van der Waals surface area (Å²) in [6.07, 6.45) is 3.41. The van der Waals surface area contributed by atoms with E-state index >= 15 is 0 Å². The van der Waals surface area contributed by atoms with E-state index < -0.39 is 0 Å². The molecule has 1 fully saturated rings. The molecule has 0 aliphatic carbocycles. The largest absolute Gasteiger partial charge is 0.379 e. The van der Waals surface area contributed by atoms with E-state index in [1.807, 2.05) is 13.0 Å². The van der Waals surface area contributed by atoms with Crippen LogP contribution in [-0.2, 0) is 16.1 Å². The predicted octanol–water partition coefficient (Wildman–Crippen LogP) is 1.90. The first-order valence-corrected chi connectivity index (χ1v) is 10.8. The van der Waals surface area contributed by atoms with Gasteiger partial charge in [-0.3, -0.25) is 4.79 Å². The number of hydrogen-bond acceptors (Lipinski definition) is 5. The van der Waals surface area contributed by atoms with Gasteiger partial charge in [-0.05, 0) is 31.2 Å². The summed E-state index contributed by atoms with van der Waals surface area (Å²) in [5.74, 6) is 1.45. The van der Waals surface area contributed by atoms with E-state index in [-0.39, 0.29) is 23.3 Å². The number of hydrogen-bond donors (Lipinski definition) is 3. The highest BCUT2D eigenvalue weighted by Gasteiger charge is 2.26. The van der Waals surface area contributed by atoms with Gasteiger partial charge in [-0.25, -0.2) is 9.98 Å². The van der Waals surface area contributed by atoms with E-state index in [0.29, 0.717) is 13.1 Å². The number of ether oxygens (including phenoxy) is 1. The number of aromatic nitrogens is 1. The number of pyridine rings is 1. The molecule has 30 heavy (non-hydrogen) atoms. The molecule has 0 saturated carbocycles. The SMILES string of the molecule is CCNC(=NCc1cccnc1N1CCC(C(N)=O)CC1)NCC(OC)C(C)(C)C. The molecular formula is C22H38N6O2. The van der Waals surface area contributed by atoms with E-state index in [2.05, 4.69) is 47.4 Å². The molecule has 0 spiro atoms. The van der Waals surface area contributed by atoms with Crippen LogP contribution in [0.15, 0.2) is 23.3 Å². The fourth-order valence-electron chi connectivity index (χ4n) is 3.65. The Morgan fingerprint density at radius 3 is 2.63 bits per heavy atom. The van der Waals surface area contributed by atoms with Crippen molar-refractivity contribution in [2.45, 2.75) is 53.2 Å². The van der Waals surface area contributed by atoms with Crippen molar-refractivity contribution in [1.29, 1.82) is 0 Å². The highest BCUT2D eigenvalue weighted by atomic mass is 16.5. The Labute approximate surface area is 180 Å². The van der Waals surface area contributed by atoms with Crippen molar-refractivity contribution in [3.8, 4) is 0 Å². The van der Waals surface area contributed by atoms with Gasteiger partial charge < -0.3 is 26.0 Å². The summed E-state index contributed by atoms with van der Waals surface area (Å²) >= 11 is 0. The van der Waals surface area contributed by atoms with Crippen molar-refractivity contribution in [3.63, 3.8) is 0 Å². The van der Waals surface area contributed by atoms with E-state index in [0.717, 1.165) is 49.8 Å². The Bertz CT molecular complexity index is 708. The number of rotatable bonds is 8. The number of nitrogens with zero attached hydrogens (tertiary/aromatic N) is 3. The van der Waals surface area contributed by atoms with Crippen LogP contribution in [0.2, 0.25) is 0 Å². The molecule has 1 amide bonds. The van der Waals surface area contributed by atoms with Gasteiger partial charge in [0, 0.05) is 51.0 Å². The number of piperidine rings is 1. The number of anilines is 1. The van der Waals surface area contributed by atoms with Crippen molar-refractivity contribution in [2.75, 3.05) is 38.2 Å². The Kier molecular flexibility index (Phi) is 8.89. The number of nitrogens with two attached hydrogens (primary N) is 1. The van der Waals surface area contributed by atoms with Crippen LogP contribution in [0.5, 0.6) is 0 Å². The van der Waals surface area contributed by atoms with Gasteiger partial charge in [0.1, 0.15) is 5.82 Å². The number of primary amides is 1. The van der Waals surface area contributed by atoms with Gasteiger partial charge in [0.25, 0.3) is 0 Å². The van der Waals surface area contributed by atoms with Gasteiger partial charge in [0.05, 0.1) is 12.6 Å². The minimum Gasteiger partial charge on any atom is -0.379 e. The van der Waals surface area contributed by atoms with Crippen LogP contribution >= 0.6 is 0 Å². The maximum Gasteiger partial charge on any atom is 0.220 e. The van der Waals surface area contributed by atoms with Crippen LogP contribution < -0.4 is 21.3 Å². The number of methoxy groups -OCH3 is 1. The molecular weight excluding hydrogens is 380 g/mol. The number of aliphatic imine (C=N–C) groups is 1. The molecule has 2 rings (SSSR count). The second-order valence-electron chi connectivity index (χ2n) is 8.82. The molecule has 1 aromatic heterocycles. The Balaban J connectivity index is 2.06. The molecule has 1 aromatic rings. The van der Waals surface area contributed by atoms with Gasteiger partial charge in [-0.15, -0.1) is 0 Å². The summed E-state index contributed by atoms with van der Waals surface area (Å²) in [5.41, 5.74) is 6.56. The number of carbonyl (C=O) groups excluding carboxylic acids is 1. The first kappa shape index (κ1) is 23.9. The molecule has 1 saturated heterocycles. The standard InChI is InChI=1S/C22H38N6O2/c1-6-24-21(27-15-18(30-5)22(2,3)4)26-14-17-8-7-11-25-20(17)28-12-9-16(10-13-28)19(23)29/h7-8,11,16,18H,6,9-10,12-15H2,1-5H3,(H2,23,29)(H2,24,26,27). The summed E-state index contributed by atoms with van der Waals surface area (Å²) in [4.78, 5) is 23.0. The number of carbonyl (C=O) groups is 1. The molecule has 4 N–H and O–H groups in total. The fourth-order valence-corrected chi connectivity index (χ4v) is 3.65. The van der Waals surface area contributed by atoms with E-state index in [1.165, 1.54) is 0 Å². The molecule has 8 nitrogen and oxygen atoms in total. The summed E-state index contributed by atoms with van der Waals surface area (Å²) in [7, 11) is 1.74. The van der Waals surface area contributed by atoms with Gasteiger partial charge in [0.15, 0.2) is 5.96 Å². The summed E-state index contributed by atoms with van der Waals surface area (Å²) in [5, 5.41) is 6.69. The third-order valence-corrected chi connectivity index (χ3v) is 5.52. The molecule has 2 heterocycles. The van der Waals surface area contributed by atoms with Gasteiger partial charge in [-0.2, -0.15) is 0 Å². The normalized spacial score (nSPS) is 17.0. The van der Waals surface area contributed by atoms with E-state index in [1.54, 1.807) is 13.3 Å². The summed E-state index contributed by atoms with van der Waals surface area (Å²) in [6, 6.07) is 3.99. The lowest BCUT2D eigenvalue weighted by Crippen LogP contribution is -2.45. The average molecular weight is 419 g/mol. The van der Waals surface area contributed by atoms with Crippen LogP contribution in [0, 0.1) is 11.3 Å². The van der Waals surface area contributed by atoms with Crippen LogP contribution in [0.4, 0.5) is 5.82 Å². The number of nitrogens with one attached hydrogen (secondary N) is 2. The van der Waals surface area contributed by atoms with Crippen molar-refractivity contribution in [2.24, 2.45) is 22.1 Å². The second kappa shape index (κ2) is 11.2. The molecule has 8 heteroatoms. The predicted molar refractivity (Wildman–Crippen MR) is 121 cm³/mol. The average Bonchev–Trinajstić information content (AvgIpc) is 2.71. The molecule has 0 radical (unpaired) electrons. The number of amides is 1. The van der Waals surface area contributed by atoms with E-state index in [9.17, 15) is 4.79 Å². The molecule has 1 atom stereocenters. The van der Waals surface area contributed by atoms with Crippen LogP contribution in [0.3, 0.4) is 0 Å². The van der Waals surface area contributed by atoms with Crippen LogP contribution in [0.25, 0.3) is 0 Å². The lowest BCUT2D eigenvalue weighted by Gasteiger charge is -2.32. The lowest BCUT2D eigenvalue weighted by atomic mass is 9.89. The minimum atomic E-state index is -0.202. The smallest absolute Gasteiger partial charge is 0.220 e. The Morgan fingerprint density at radius 2 is 2.07 bits per heavy atom. The van der Waals surface area contributed by atoms with Crippen LogP contribution in [-0.4, -0.2) is 56.2 Å². The molecule has 1 aliphatic heterocycles. The van der Waals surface area contributed by atoms with E-state index in [4.69, 9.17) is 15.5 Å². The Morgan fingerprint density at radius 1 is 1.37 bits per heavy atom. The van der Waals surface area contributed by atoms with Crippen molar-refractivity contribution in [3.05, 3.63) is 23.9 Å². The first-order valence-electron chi connectivity index (χ1n) is 10.8. The van der Waals surface area contributed by atoms with Crippen molar-refractivity contribution in [1.82, 2.24) is 15.6 Å². The maximum atomic E-state index is 11.4. The third-order valence-electron chi connectivity index (χ3n) is 5.52. The monoisotopic (exact) mass is 418 g/mol. The molecule has 1 aliphatic rings. The van der Waals surface area contributed by atoms with Gasteiger partial charge in [0.2, 0.25) is 5.91 Å². The van der Waals surface area contributed by atoms with Gasteiger partial charge >= 0.3 is 0 Å². The molecule has 1 unspecified atom stereocenters. The number of guanidine groups is 1.